The van der Waals surface area contributed by atoms with Gasteiger partial charge in [0.2, 0.25) is 0 Å². The van der Waals surface area contributed by atoms with Crippen molar-refractivity contribution in [1.82, 2.24) is 0 Å². The molecule has 0 atom stereocenters. The average Bonchev–Trinajstić information content (AvgIpc) is 2.79. The molecule has 1 aliphatic heterocycles. The summed E-state index contributed by atoms with van der Waals surface area (Å²) in [5.41, 5.74) is 2.84. The molecular weight excluding hydrogens is 382 g/mol. The van der Waals surface area contributed by atoms with E-state index in [1.165, 1.54) is 29.1 Å². The SMILES string of the molecule is CCC1(CC)CSc2cc(OC)c(Br)cc2N(c2ccccc2)C1. The molecule has 0 amide bonds. The smallest absolute Gasteiger partial charge is 0.134 e. The van der Waals surface area contributed by atoms with Crippen LogP contribution in [-0.4, -0.2) is 19.4 Å². The fourth-order valence-electron chi connectivity index (χ4n) is 3.22. The first-order valence-corrected chi connectivity index (χ1v) is 10.2. The van der Waals surface area contributed by atoms with E-state index in [4.69, 9.17) is 4.74 Å². The zero-order valence-electron chi connectivity index (χ0n) is 14.5. The Balaban J connectivity index is 2.14. The Morgan fingerprint density at radius 1 is 1.17 bits per heavy atom. The maximum Gasteiger partial charge on any atom is 0.134 e. The van der Waals surface area contributed by atoms with Gasteiger partial charge in [-0.05, 0) is 58.5 Å². The summed E-state index contributed by atoms with van der Waals surface area (Å²) in [7, 11) is 1.73. The van der Waals surface area contributed by atoms with Crippen LogP contribution < -0.4 is 9.64 Å². The lowest BCUT2D eigenvalue weighted by Crippen LogP contribution is -2.35. The van der Waals surface area contributed by atoms with E-state index in [2.05, 4.69) is 77.1 Å². The van der Waals surface area contributed by atoms with E-state index in [1.54, 1.807) is 7.11 Å². The predicted molar refractivity (Wildman–Crippen MR) is 108 cm³/mol. The molecule has 0 saturated heterocycles. The maximum atomic E-state index is 5.52. The maximum absolute atomic E-state index is 5.52. The highest BCUT2D eigenvalue weighted by molar-refractivity contribution is 9.10. The molecule has 2 aromatic rings. The zero-order valence-corrected chi connectivity index (χ0v) is 16.9. The van der Waals surface area contributed by atoms with Gasteiger partial charge >= 0.3 is 0 Å². The molecule has 24 heavy (non-hydrogen) atoms. The van der Waals surface area contributed by atoms with Crippen LogP contribution in [-0.2, 0) is 0 Å². The molecule has 0 spiro atoms. The molecule has 0 bridgehead atoms. The predicted octanol–water partition coefficient (Wildman–Crippen LogP) is 6.51. The summed E-state index contributed by atoms with van der Waals surface area (Å²) in [6.07, 6.45) is 2.37. The lowest BCUT2D eigenvalue weighted by atomic mass is 9.83. The summed E-state index contributed by atoms with van der Waals surface area (Å²) in [6.45, 7) is 5.68. The quantitative estimate of drug-likeness (QED) is 0.575. The number of hydrogen-bond acceptors (Lipinski definition) is 3. The molecule has 1 heterocycles. The van der Waals surface area contributed by atoms with Gasteiger partial charge in [-0.1, -0.05) is 32.0 Å². The number of thioether (sulfide) groups is 1. The van der Waals surface area contributed by atoms with Crippen LogP contribution in [0, 0.1) is 5.41 Å². The van der Waals surface area contributed by atoms with Crippen LogP contribution in [0.25, 0.3) is 0 Å². The summed E-state index contributed by atoms with van der Waals surface area (Å²) in [5, 5.41) is 0. The van der Waals surface area contributed by atoms with Crippen LogP contribution in [0.1, 0.15) is 26.7 Å². The number of fused-ring (bicyclic) bond motifs is 1. The average molecular weight is 406 g/mol. The van der Waals surface area contributed by atoms with E-state index in [0.717, 1.165) is 22.5 Å². The van der Waals surface area contributed by atoms with Crippen molar-refractivity contribution in [3.63, 3.8) is 0 Å². The summed E-state index contributed by atoms with van der Waals surface area (Å²) in [4.78, 5) is 3.77. The van der Waals surface area contributed by atoms with Crippen LogP contribution in [0.15, 0.2) is 51.8 Å². The summed E-state index contributed by atoms with van der Waals surface area (Å²) in [6, 6.07) is 15.1. The molecular formula is C20H24BrNOS. The van der Waals surface area contributed by atoms with Crippen molar-refractivity contribution in [3.05, 3.63) is 46.9 Å². The van der Waals surface area contributed by atoms with E-state index in [-0.39, 0.29) is 0 Å². The lowest BCUT2D eigenvalue weighted by molar-refractivity contribution is 0.319. The molecule has 128 valence electrons. The monoisotopic (exact) mass is 405 g/mol. The number of halogens is 1. The minimum Gasteiger partial charge on any atom is -0.496 e. The fraction of sp³-hybridized carbons (Fsp3) is 0.400. The number of nitrogens with zero attached hydrogens (tertiary/aromatic N) is 1. The molecule has 0 aromatic heterocycles. The van der Waals surface area contributed by atoms with Crippen molar-refractivity contribution in [2.24, 2.45) is 5.41 Å². The Morgan fingerprint density at radius 3 is 2.50 bits per heavy atom. The van der Waals surface area contributed by atoms with Gasteiger partial charge in [0.25, 0.3) is 0 Å². The van der Waals surface area contributed by atoms with Crippen molar-refractivity contribution >= 4 is 39.1 Å². The summed E-state index contributed by atoms with van der Waals surface area (Å²) < 4.78 is 6.52. The number of para-hydroxylation sites is 1. The molecule has 0 unspecified atom stereocenters. The largest absolute Gasteiger partial charge is 0.496 e. The number of benzene rings is 2. The lowest BCUT2D eigenvalue weighted by Gasteiger charge is -2.36. The first kappa shape index (κ1) is 17.7. The van der Waals surface area contributed by atoms with Crippen LogP contribution >= 0.6 is 27.7 Å². The van der Waals surface area contributed by atoms with Crippen LogP contribution in [0.5, 0.6) is 5.75 Å². The molecule has 1 aliphatic rings. The van der Waals surface area contributed by atoms with Crippen molar-refractivity contribution in [3.8, 4) is 5.75 Å². The number of ether oxygens (including phenoxy) is 1. The Hall–Kier alpha value is -1.13. The van der Waals surface area contributed by atoms with Gasteiger partial charge in [-0.3, -0.25) is 0 Å². The third-order valence-electron chi connectivity index (χ3n) is 5.12. The number of methoxy groups -OCH3 is 1. The first-order valence-electron chi connectivity index (χ1n) is 8.45. The number of anilines is 2. The van der Waals surface area contributed by atoms with E-state index >= 15 is 0 Å². The molecule has 2 aromatic carbocycles. The molecule has 4 heteroatoms. The van der Waals surface area contributed by atoms with E-state index in [9.17, 15) is 0 Å². The highest BCUT2D eigenvalue weighted by atomic mass is 79.9. The Morgan fingerprint density at radius 2 is 1.88 bits per heavy atom. The summed E-state index contributed by atoms with van der Waals surface area (Å²) in [5.74, 6) is 2.04. The Kier molecular flexibility index (Phi) is 5.46. The van der Waals surface area contributed by atoms with Gasteiger partial charge in [0, 0.05) is 22.9 Å². The minimum atomic E-state index is 0.319. The summed E-state index contributed by atoms with van der Waals surface area (Å²) >= 11 is 5.62. The van der Waals surface area contributed by atoms with E-state index in [0.29, 0.717) is 5.41 Å². The third kappa shape index (κ3) is 3.31. The van der Waals surface area contributed by atoms with Crippen molar-refractivity contribution in [1.29, 1.82) is 0 Å². The van der Waals surface area contributed by atoms with Crippen molar-refractivity contribution in [2.75, 3.05) is 24.3 Å². The molecule has 0 saturated carbocycles. The Labute approximate surface area is 157 Å². The number of hydrogen-bond donors (Lipinski definition) is 0. The van der Waals surface area contributed by atoms with Gasteiger partial charge < -0.3 is 9.64 Å². The fourth-order valence-corrected chi connectivity index (χ4v) is 5.18. The molecule has 0 fully saturated rings. The van der Waals surface area contributed by atoms with Gasteiger partial charge in [-0.15, -0.1) is 11.8 Å². The standard InChI is InChI=1S/C20H24BrNOS/c1-4-20(5-2)13-22(15-9-7-6-8-10-15)17-11-16(21)18(23-3)12-19(17)24-14-20/h6-12H,4-5,13-14H2,1-3H3. The zero-order chi connectivity index (χ0) is 17.2. The highest BCUT2D eigenvalue weighted by Gasteiger charge is 2.34. The van der Waals surface area contributed by atoms with Gasteiger partial charge in [0.1, 0.15) is 5.75 Å². The van der Waals surface area contributed by atoms with Crippen LogP contribution in [0.2, 0.25) is 0 Å². The molecule has 0 N–H and O–H groups in total. The van der Waals surface area contributed by atoms with Gasteiger partial charge in [-0.2, -0.15) is 0 Å². The molecule has 0 aliphatic carbocycles. The second kappa shape index (κ2) is 7.40. The van der Waals surface area contributed by atoms with Gasteiger partial charge in [0.15, 0.2) is 0 Å². The molecule has 3 rings (SSSR count). The molecule has 2 nitrogen and oxygen atoms in total. The minimum absolute atomic E-state index is 0.319. The van der Waals surface area contributed by atoms with Gasteiger partial charge in [-0.25, -0.2) is 0 Å². The van der Waals surface area contributed by atoms with Crippen LogP contribution in [0.3, 0.4) is 0 Å². The van der Waals surface area contributed by atoms with Crippen LogP contribution in [0.4, 0.5) is 11.4 Å². The number of rotatable bonds is 4. The topological polar surface area (TPSA) is 12.5 Å². The first-order chi connectivity index (χ1) is 11.6. The van der Waals surface area contributed by atoms with Crippen molar-refractivity contribution < 1.29 is 4.74 Å². The second-order valence-electron chi connectivity index (χ2n) is 6.37. The van der Waals surface area contributed by atoms with E-state index in [1.807, 2.05) is 11.8 Å². The van der Waals surface area contributed by atoms with Crippen molar-refractivity contribution in [2.45, 2.75) is 31.6 Å². The van der Waals surface area contributed by atoms with Gasteiger partial charge in [0.05, 0.1) is 17.3 Å². The Bertz CT molecular complexity index is 700. The normalized spacial score (nSPS) is 16.4. The highest BCUT2D eigenvalue weighted by Crippen LogP contribution is 2.48. The van der Waals surface area contributed by atoms with E-state index < -0.39 is 0 Å². The molecule has 0 radical (unpaired) electrons. The third-order valence-corrected chi connectivity index (χ3v) is 7.13. The second-order valence-corrected chi connectivity index (χ2v) is 8.24.